The molecule has 0 spiro atoms. The lowest BCUT2D eigenvalue weighted by molar-refractivity contribution is -0.120. The van der Waals surface area contributed by atoms with Gasteiger partial charge in [-0.2, -0.15) is 5.10 Å². The van der Waals surface area contributed by atoms with Gasteiger partial charge in [-0.05, 0) is 31.0 Å². The van der Waals surface area contributed by atoms with E-state index in [1.807, 2.05) is 30.5 Å². The van der Waals surface area contributed by atoms with Crippen LogP contribution in [0.1, 0.15) is 12.8 Å². The lowest BCUT2D eigenvalue weighted by Crippen LogP contribution is -2.39. The van der Waals surface area contributed by atoms with Crippen molar-refractivity contribution in [2.24, 2.45) is 5.92 Å². The van der Waals surface area contributed by atoms with Gasteiger partial charge in [-0.25, -0.2) is 14.6 Å². The molecule has 0 saturated carbocycles. The van der Waals surface area contributed by atoms with Gasteiger partial charge in [0.1, 0.15) is 18.0 Å². The highest BCUT2D eigenvalue weighted by molar-refractivity contribution is 5.92. The lowest BCUT2D eigenvalue weighted by Gasteiger charge is -2.31. The predicted octanol–water partition coefficient (Wildman–Crippen LogP) is 1.14. The van der Waals surface area contributed by atoms with Crippen molar-refractivity contribution in [2.45, 2.75) is 12.8 Å². The van der Waals surface area contributed by atoms with Gasteiger partial charge >= 0.3 is 0 Å². The van der Waals surface area contributed by atoms with E-state index in [0.29, 0.717) is 24.8 Å². The molecule has 0 aromatic carbocycles. The van der Waals surface area contributed by atoms with E-state index < -0.39 is 0 Å². The molecule has 1 N–H and O–H groups in total. The summed E-state index contributed by atoms with van der Waals surface area (Å²) in [5, 5.41) is 15.7. The molecule has 2 aliphatic heterocycles. The van der Waals surface area contributed by atoms with E-state index in [1.165, 1.54) is 6.33 Å². The number of aromatic nitrogens is 6. The average molecular weight is 435 g/mol. The van der Waals surface area contributed by atoms with Crippen molar-refractivity contribution in [3.05, 3.63) is 43.0 Å². The minimum atomic E-state index is -0.0654. The molecule has 3 aromatic heterocycles. The first-order chi connectivity index (χ1) is 15.8. The zero-order chi connectivity index (χ0) is 21.8. The van der Waals surface area contributed by atoms with E-state index in [1.54, 1.807) is 10.9 Å². The van der Waals surface area contributed by atoms with E-state index in [0.717, 1.165) is 50.7 Å². The van der Waals surface area contributed by atoms with Crippen LogP contribution in [0.3, 0.4) is 0 Å². The predicted molar refractivity (Wildman–Crippen MR) is 118 cm³/mol. The zero-order valence-electron chi connectivity index (χ0n) is 17.7. The summed E-state index contributed by atoms with van der Waals surface area (Å²) in [5.41, 5.74) is 0. The summed E-state index contributed by atoms with van der Waals surface area (Å²) in [6.45, 7) is 4.43. The monoisotopic (exact) mass is 435 g/mol. The van der Waals surface area contributed by atoms with Gasteiger partial charge in [0, 0.05) is 50.6 Å². The number of carbonyl (C=O) groups excluding carboxylic acids is 1. The van der Waals surface area contributed by atoms with Gasteiger partial charge in [-0.15, -0.1) is 10.2 Å². The molecule has 2 fully saturated rings. The molecular formula is C21H25N9O2. The summed E-state index contributed by atoms with van der Waals surface area (Å²) in [6.07, 6.45) is 6.52. The Balaban J connectivity index is 1.15. The van der Waals surface area contributed by atoms with Crippen LogP contribution in [-0.2, 0) is 9.53 Å². The van der Waals surface area contributed by atoms with Crippen molar-refractivity contribution in [1.29, 1.82) is 0 Å². The number of morpholine rings is 1. The van der Waals surface area contributed by atoms with Crippen molar-refractivity contribution in [3.8, 4) is 5.82 Å². The van der Waals surface area contributed by atoms with Crippen LogP contribution in [0.15, 0.2) is 43.0 Å². The number of nitrogens with one attached hydrogen (secondary N) is 1. The average Bonchev–Trinajstić information content (AvgIpc) is 3.40. The largest absolute Gasteiger partial charge is 0.378 e. The standard InChI is InChI=1S/C21H25N9O2/c31-21(25-17-14-20(23-15-22-17)29-10-12-32-13-11-29)16-4-8-28(9-5-16)18-2-3-19(27-26-18)30-7-1-6-24-30/h1-3,6-7,14-16H,4-5,8-13H2,(H,22,23,25,31). The molecule has 5 rings (SSSR count). The van der Waals surface area contributed by atoms with E-state index in [4.69, 9.17) is 4.74 Å². The van der Waals surface area contributed by atoms with Crippen molar-refractivity contribution < 1.29 is 9.53 Å². The van der Waals surface area contributed by atoms with Gasteiger partial charge in [-0.3, -0.25) is 4.79 Å². The highest BCUT2D eigenvalue weighted by atomic mass is 16.5. The van der Waals surface area contributed by atoms with Crippen LogP contribution < -0.4 is 15.1 Å². The molecule has 5 heterocycles. The van der Waals surface area contributed by atoms with Gasteiger partial charge in [-0.1, -0.05) is 0 Å². The van der Waals surface area contributed by atoms with Gasteiger partial charge in [0.05, 0.1) is 13.2 Å². The van der Waals surface area contributed by atoms with Crippen molar-refractivity contribution in [1.82, 2.24) is 29.9 Å². The Morgan fingerprint density at radius 1 is 0.969 bits per heavy atom. The third kappa shape index (κ3) is 4.52. The Morgan fingerprint density at radius 2 is 1.72 bits per heavy atom. The highest BCUT2D eigenvalue weighted by Crippen LogP contribution is 2.23. The number of nitrogens with zero attached hydrogens (tertiary/aromatic N) is 8. The van der Waals surface area contributed by atoms with E-state index in [2.05, 4.69) is 40.4 Å². The van der Waals surface area contributed by atoms with Crippen LogP contribution in [0.4, 0.5) is 17.5 Å². The third-order valence-corrected chi connectivity index (χ3v) is 5.80. The minimum Gasteiger partial charge on any atom is -0.378 e. The molecule has 11 heteroatoms. The summed E-state index contributed by atoms with van der Waals surface area (Å²) < 4.78 is 7.06. The number of rotatable bonds is 5. The molecular weight excluding hydrogens is 410 g/mol. The molecule has 0 bridgehead atoms. The van der Waals surface area contributed by atoms with Crippen LogP contribution in [0.5, 0.6) is 0 Å². The Bertz CT molecular complexity index is 1030. The van der Waals surface area contributed by atoms with E-state index >= 15 is 0 Å². The van der Waals surface area contributed by atoms with Gasteiger partial charge < -0.3 is 19.9 Å². The number of piperidine rings is 1. The second-order valence-electron chi connectivity index (χ2n) is 7.81. The Labute approximate surface area is 185 Å². The first-order valence-corrected chi connectivity index (χ1v) is 10.8. The first kappa shape index (κ1) is 20.3. The number of amides is 1. The molecule has 166 valence electrons. The molecule has 2 saturated heterocycles. The maximum absolute atomic E-state index is 12.8. The van der Waals surface area contributed by atoms with Crippen molar-refractivity contribution in [3.63, 3.8) is 0 Å². The molecule has 32 heavy (non-hydrogen) atoms. The zero-order valence-corrected chi connectivity index (χ0v) is 17.7. The number of anilines is 3. The molecule has 1 amide bonds. The van der Waals surface area contributed by atoms with Crippen LogP contribution in [0, 0.1) is 5.92 Å². The maximum atomic E-state index is 12.8. The molecule has 0 aliphatic carbocycles. The van der Waals surface area contributed by atoms with Gasteiger partial charge in [0.25, 0.3) is 0 Å². The summed E-state index contributed by atoms with van der Waals surface area (Å²) >= 11 is 0. The van der Waals surface area contributed by atoms with Crippen LogP contribution in [0.2, 0.25) is 0 Å². The normalized spacial score (nSPS) is 17.4. The van der Waals surface area contributed by atoms with Crippen LogP contribution in [0.25, 0.3) is 5.82 Å². The fourth-order valence-electron chi connectivity index (χ4n) is 3.99. The molecule has 11 nitrogen and oxygen atoms in total. The fraction of sp³-hybridized carbons (Fsp3) is 0.429. The molecule has 0 radical (unpaired) electrons. The molecule has 2 aliphatic rings. The number of carbonyl (C=O) groups is 1. The number of ether oxygens (including phenoxy) is 1. The summed E-state index contributed by atoms with van der Waals surface area (Å²) in [4.78, 5) is 25.7. The third-order valence-electron chi connectivity index (χ3n) is 5.80. The lowest BCUT2D eigenvalue weighted by atomic mass is 9.96. The van der Waals surface area contributed by atoms with Crippen LogP contribution in [-0.4, -0.2) is 75.2 Å². The van der Waals surface area contributed by atoms with Gasteiger partial charge in [0.2, 0.25) is 5.91 Å². The minimum absolute atomic E-state index is 0.00334. The van der Waals surface area contributed by atoms with Crippen molar-refractivity contribution >= 4 is 23.4 Å². The van der Waals surface area contributed by atoms with E-state index in [9.17, 15) is 4.79 Å². The quantitative estimate of drug-likeness (QED) is 0.630. The molecule has 0 atom stereocenters. The Kier molecular flexibility index (Phi) is 5.88. The van der Waals surface area contributed by atoms with Gasteiger partial charge in [0.15, 0.2) is 11.6 Å². The van der Waals surface area contributed by atoms with Crippen molar-refractivity contribution in [2.75, 3.05) is 54.5 Å². The van der Waals surface area contributed by atoms with Crippen LogP contribution >= 0.6 is 0 Å². The maximum Gasteiger partial charge on any atom is 0.228 e. The summed E-state index contributed by atoms with van der Waals surface area (Å²) in [6, 6.07) is 7.51. The fourth-order valence-corrected chi connectivity index (χ4v) is 3.99. The molecule has 0 unspecified atom stereocenters. The summed E-state index contributed by atoms with van der Waals surface area (Å²) in [7, 11) is 0. The SMILES string of the molecule is O=C(Nc1cc(N2CCOCC2)ncn1)C1CCN(c2ccc(-n3cccn3)nn2)CC1. The highest BCUT2D eigenvalue weighted by Gasteiger charge is 2.26. The summed E-state index contributed by atoms with van der Waals surface area (Å²) in [5.74, 6) is 2.76. The number of hydrogen-bond acceptors (Lipinski definition) is 9. The smallest absolute Gasteiger partial charge is 0.228 e. The topological polar surface area (TPSA) is 114 Å². The first-order valence-electron chi connectivity index (χ1n) is 10.8. The Hall–Kier alpha value is -3.60. The Morgan fingerprint density at radius 3 is 2.44 bits per heavy atom. The second kappa shape index (κ2) is 9.27. The van der Waals surface area contributed by atoms with E-state index in [-0.39, 0.29) is 11.8 Å². The number of hydrogen-bond donors (Lipinski definition) is 1. The molecule has 3 aromatic rings. The second-order valence-corrected chi connectivity index (χ2v) is 7.81.